The fourth-order valence-electron chi connectivity index (χ4n) is 3.14. The van der Waals surface area contributed by atoms with E-state index >= 15 is 0 Å². The molecule has 0 unspecified atom stereocenters. The molecule has 1 heterocycles. The Morgan fingerprint density at radius 2 is 2.00 bits per heavy atom. The van der Waals surface area contributed by atoms with Gasteiger partial charge in [0, 0.05) is 18.3 Å². The van der Waals surface area contributed by atoms with Crippen LogP contribution in [0.1, 0.15) is 36.8 Å². The summed E-state index contributed by atoms with van der Waals surface area (Å²) in [5.74, 6) is 1.17. The lowest BCUT2D eigenvalue weighted by Gasteiger charge is -2.29. The van der Waals surface area contributed by atoms with E-state index in [1.165, 1.54) is 6.20 Å². The smallest absolute Gasteiger partial charge is 0.258 e. The van der Waals surface area contributed by atoms with Crippen molar-refractivity contribution in [3.8, 4) is 17.7 Å². The molecule has 1 amide bonds. The molecule has 1 N–H and O–H groups in total. The molecule has 0 spiro atoms. The molecule has 1 aromatic carbocycles. The molecule has 1 aromatic heterocycles. The van der Waals surface area contributed by atoms with Crippen LogP contribution in [0.5, 0.6) is 11.6 Å². The second-order valence-corrected chi connectivity index (χ2v) is 6.71. The van der Waals surface area contributed by atoms with Crippen molar-refractivity contribution in [1.29, 1.82) is 5.26 Å². The van der Waals surface area contributed by atoms with Gasteiger partial charge in [-0.1, -0.05) is 18.2 Å². The van der Waals surface area contributed by atoms with Gasteiger partial charge < -0.3 is 14.8 Å². The van der Waals surface area contributed by atoms with Crippen molar-refractivity contribution < 1.29 is 14.3 Å². The summed E-state index contributed by atoms with van der Waals surface area (Å²) in [5, 5.41) is 11.8. The van der Waals surface area contributed by atoms with Gasteiger partial charge in [-0.05, 0) is 50.3 Å². The second kappa shape index (κ2) is 9.04. The number of aromatic nitrogens is 1. The molecule has 6 nitrogen and oxygen atoms in total. The van der Waals surface area contributed by atoms with Crippen molar-refractivity contribution in [1.82, 2.24) is 10.3 Å². The average molecular weight is 365 g/mol. The Bertz CT molecular complexity index is 806. The van der Waals surface area contributed by atoms with Crippen LogP contribution in [0.2, 0.25) is 0 Å². The third-order valence-electron chi connectivity index (χ3n) is 4.64. The van der Waals surface area contributed by atoms with Gasteiger partial charge in [0.05, 0.1) is 5.56 Å². The molecule has 0 atom stereocenters. The van der Waals surface area contributed by atoms with Crippen LogP contribution in [0.15, 0.2) is 42.6 Å². The van der Waals surface area contributed by atoms with Crippen molar-refractivity contribution in [3.05, 3.63) is 53.7 Å². The molecule has 3 rings (SSSR count). The quantitative estimate of drug-likeness (QED) is 0.850. The van der Waals surface area contributed by atoms with Gasteiger partial charge >= 0.3 is 0 Å². The first-order valence-corrected chi connectivity index (χ1v) is 9.14. The number of carbonyl (C=O) groups is 1. The summed E-state index contributed by atoms with van der Waals surface area (Å²) in [7, 11) is 0. The number of benzene rings is 1. The van der Waals surface area contributed by atoms with Crippen LogP contribution in [0, 0.1) is 18.3 Å². The summed E-state index contributed by atoms with van der Waals surface area (Å²) in [4.78, 5) is 16.3. The van der Waals surface area contributed by atoms with E-state index in [9.17, 15) is 4.79 Å². The molecule has 27 heavy (non-hydrogen) atoms. The van der Waals surface area contributed by atoms with Crippen molar-refractivity contribution in [2.75, 3.05) is 6.61 Å². The summed E-state index contributed by atoms with van der Waals surface area (Å²) in [6, 6.07) is 13.2. The van der Waals surface area contributed by atoms with Crippen LogP contribution < -0.4 is 14.8 Å². The highest BCUT2D eigenvalue weighted by molar-refractivity contribution is 5.77. The minimum absolute atomic E-state index is 0.0242. The largest absolute Gasteiger partial charge is 0.484 e. The number of hydrogen-bond donors (Lipinski definition) is 1. The monoisotopic (exact) mass is 365 g/mol. The number of nitrogens with zero attached hydrogens (tertiary/aromatic N) is 2. The minimum Gasteiger partial charge on any atom is -0.484 e. The predicted octanol–water partition coefficient (Wildman–Crippen LogP) is 3.15. The van der Waals surface area contributed by atoms with E-state index in [-0.39, 0.29) is 24.7 Å². The van der Waals surface area contributed by atoms with Gasteiger partial charge in [-0.2, -0.15) is 5.26 Å². The third-order valence-corrected chi connectivity index (χ3v) is 4.64. The number of carbonyl (C=O) groups excluding carboxylic acids is 1. The van der Waals surface area contributed by atoms with Crippen LogP contribution in [-0.4, -0.2) is 29.6 Å². The molecular formula is C21H23N3O3. The molecule has 0 aliphatic heterocycles. The number of amides is 1. The number of para-hydroxylation sites is 1. The Morgan fingerprint density at radius 3 is 2.67 bits per heavy atom. The summed E-state index contributed by atoms with van der Waals surface area (Å²) < 4.78 is 11.5. The maximum Gasteiger partial charge on any atom is 0.258 e. The van der Waals surface area contributed by atoms with E-state index in [2.05, 4.69) is 10.3 Å². The molecule has 140 valence electrons. The van der Waals surface area contributed by atoms with Gasteiger partial charge in [-0.15, -0.1) is 0 Å². The minimum atomic E-state index is -0.101. The average Bonchev–Trinajstić information content (AvgIpc) is 2.69. The Morgan fingerprint density at radius 1 is 1.22 bits per heavy atom. The predicted molar refractivity (Wildman–Crippen MR) is 100 cm³/mol. The lowest BCUT2D eigenvalue weighted by atomic mass is 9.93. The molecule has 1 fully saturated rings. The van der Waals surface area contributed by atoms with Gasteiger partial charge in [-0.3, -0.25) is 4.79 Å². The summed E-state index contributed by atoms with van der Waals surface area (Å²) in [5.41, 5.74) is 1.53. The zero-order valence-electron chi connectivity index (χ0n) is 15.4. The topological polar surface area (TPSA) is 84.2 Å². The summed E-state index contributed by atoms with van der Waals surface area (Å²) in [6.07, 6.45) is 5.02. The van der Waals surface area contributed by atoms with E-state index in [4.69, 9.17) is 14.7 Å². The van der Waals surface area contributed by atoms with Gasteiger partial charge in [0.15, 0.2) is 6.61 Å². The van der Waals surface area contributed by atoms with E-state index < -0.39 is 0 Å². The van der Waals surface area contributed by atoms with Crippen LogP contribution in [-0.2, 0) is 4.79 Å². The van der Waals surface area contributed by atoms with Crippen molar-refractivity contribution in [3.63, 3.8) is 0 Å². The number of nitrogens with one attached hydrogen (secondary N) is 1. The highest BCUT2D eigenvalue weighted by Crippen LogP contribution is 2.23. The molecule has 2 aromatic rings. The van der Waals surface area contributed by atoms with Crippen LogP contribution in [0.4, 0.5) is 0 Å². The number of pyridine rings is 1. The van der Waals surface area contributed by atoms with Crippen molar-refractivity contribution in [2.24, 2.45) is 0 Å². The third kappa shape index (κ3) is 5.45. The first-order chi connectivity index (χ1) is 13.1. The van der Waals surface area contributed by atoms with Gasteiger partial charge in [0.25, 0.3) is 5.91 Å². The molecule has 1 aliphatic carbocycles. The maximum atomic E-state index is 12.1. The zero-order chi connectivity index (χ0) is 19.1. The van der Waals surface area contributed by atoms with Crippen molar-refractivity contribution in [2.45, 2.75) is 44.8 Å². The Balaban J connectivity index is 1.39. The second-order valence-electron chi connectivity index (χ2n) is 6.71. The lowest BCUT2D eigenvalue weighted by molar-refractivity contribution is -0.124. The summed E-state index contributed by atoms with van der Waals surface area (Å²) in [6.45, 7) is 1.98. The number of rotatable bonds is 6. The highest BCUT2D eigenvalue weighted by atomic mass is 16.5. The molecule has 1 saturated carbocycles. The lowest BCUT2D eigenvalue weighted by Crippen LogP contribution is -2.41. The van der Waals surface area contributed by atoms with Gasteiger partial charge in [0.2, 0.25) is 5.88 Å². The van der Waals surface area contributed by atoms with Gasteiger partial charge in [0.1, 0.15) is 17.9 Å². The molecule has 6 heteroatoms. The molecule has 0 radical (unpaired) electrons. The number of nitriles is 1. The fourth-order valence-corrected chi connectivity index (χ4v) is 3.14. The SMILES string of the molecule is Cc1ccccc1OCC(=O)NC1CCC(Oc2ccc(C#N)cn2)CC1. The van der Waals surface area contributed by atoms with Crippen molar-refractivity contribution >= 4 is 5.91 Å². The molecule has 0 saturated heterocycles. The molecule has 0 bridgehead atoms. The first kappa shape index (κ1) is 18.7. The van der Waals surface area contributed by atoms with Crippen LogP contribution in [0.25, 0.3) is 0 Å². The number of aryl methyl sites for hydroxylation is 1. The van der Waals surface area contributed by atoms with Gasteiger partial charge in [-0.25, -0.2) is 4.98 Å². The standard InChI is InChI=1S/C21H23N3O3/c1-15-4-2-3-5-19(15)26-14-20(25)24-17-7-9-18(10-8-17)27-21-11-6-16(12-22)13-23-21/h2-6,11,13,17-18H,7-10,14H2,1H3,(H,24,25). The maximum absolute atomic E-state index is 12.1. The molecular weight excluding hydrogens is 342 g/mol. The Hall–Kier alpha value is -3.07. The zero-order valence-corrected chi connectivity index (χ0v) is 15.4. The van der Waals surface area contributed by atoms with E-state index in [0.717, 1.165) is 37.0 Å². The number of ether oxygens (including phenoxy) is 2. The Kier molecular flexibility index (Phi) is 6.26. The normalized spacial score (nSPS) is 19.0. The first-order valence-electron chi connectivity index (χ1n) is 9.14. The Labute approximate surface area is 159 Å². The fraction of sp³-hybridized carbons (Fsp3) is 0.381. The summed E-state index contributed by atoms with van der Waals surface area (Å²) >= 11 is 0. The number of hydrogen-bond acceptors (Lipinski definition) is 5. The van der Waals surface area contributed by atoms with E-state index in [1.54, 1.807) is 12.1 Å². The molecule has 1 aliphatic rings. The van der Waals surface area contributed by atoms with Crippen LogP contribution >= 0.6 is 0 Å². The van der Waals surface area contributed by atoms with E-state index in [1.807, 2.05) is 37.3 Å². The highest BCUT2D eigenvalue weighted by Gasteiger charge is 2.24. The van der Waals surface area contributed by atoms with E-state index in [0.29, 0.717) is 11.4 Å². The van der Waals surface area contributed by atoms with Crippen LogP contribution in [0.3, 0.4) is 0 Å².